The van der Waals surface area contributed by atoms with Gasteiger partial charge in [0.05, 0.1) is 23.4 Å². The van der Waals surface area contributed by atoms with Crippen LogP contribution >= 0.6 is 11.9 Å². The summed E-state index contributed by atoms with van der Waals surface area (Å²) in [5.41, 5.74) is 1.36. The first kappa shape index (κ1) is 13.4. The minimum absolute atomic E-state index is 0.0959. The van der Waals surface area contributed by atoms with Crippen molar-refractivity contribution >= 4 is 34.4 Å². The Morgan fingerprint density at radius 1 is 1.23 bits per heavy atom. The Hall–Kier alpha value is -2.23. The van der Waals surface area contributed by atoms with Gasteiger partial charge in [0.1, 0.15) is 5.37 Å². The van der Waals surface area contributed by atoms with Crippen molar-refractivity contribution in [3.63, 3.8) is 0 Å². The molecule has 2 aromatic rings. The van der Waals surface area contributed by atoms with E-state index in [9.17, 15) is 15.2 Å². The Morgan fingerprint density at radius 3 is 2.73 bits per heavy atom. The first-order valence-corrected chi connectivity index (χ1v) is 7.92. The molecule has 0 spiro atoms. The van der Waals surface area contributed by atoms with Gasteiger partial charge in [0.2, 0.25) is 0 Å². The molecule has 2 heterocycles. The Balaban J connectivity index is 1.83. The molecule has 0 saturated carbocycles. The topological polar surface area (TPSA) is 67.6 Å². The smallest absolute Gasteiger partial charge is 0.335 e. The molecule has 5 nitrogen and oxygen atoms in total. The minimum atomic E-state index is -0.483. The van der Waals surface area contributed by atoms with Crippen molar-refractivity contribution < 1.29 is 9.90 Å². The first-order chi connectivity index (χ1) is 10.7. The maximum atomic E-state index is 12.6. The lowest BCUT2D eigenvalue weighted by molar-refractivity contribution is 0.167. The summed E-state index contributed by atoms with van der Waals surface area (Å²) in [4.78, 5) is 14.3. The Bertz CT molecular complexity index is 817. The maximum absolute atomic E-state index is 12.6. The van der Waals surface area contributed by atoms with Crippen LogP contribution < -0.4 is 4.31 Å². The van der Waals surface area contributed by atoms with Crippen molar-refractivity contribution in [1.29, 1.82) is 5.26 Å². The predicted octanol–water partition coefficient (Wildman–Crippen LogP) is 2.69. The maximum Gasteiger partial charge on any atom is 0.335 e. The number of anilines is 1. The normalized spacial score (nSPS) is 23.9. The number of hydrogen-bond acceptors (Lipinski definition) is 4. The molecule has 0 unspecified atom stereocenters. The predicted molar refractivity (Wildman–Crippen MR) is 85.2 cm³/mol. The fourth-order valence-electron chi connectivity index (χ4n) is 3.07. The zero-order valence-corrected chi connectivity index (χ0v) is 12.5. The van der Waals surface area contributed by atoms with Crippen LogP contribution in [0.3, 0.4) is 0 Å². The van der Waals surface area contributed by atoms with Gasteiger partial charge in [0.25, 0.3) is 0 Å². The van der Waals surface area contributed by atoms with E-state index in [0.29, 0.717) is 18.5 Å². The molecule has 2 aliphatic heterocycles. The molecule has 2 atom stereocenters. The van der Waals surface area contributed by atoms with Crippen LogP contribution in [0.25, 0.3) is 10.8 Å². The van der Waals surface area contributed by atoms with Crippen LogP contribution in [0.5, 0.6) is 0 Å². The zero-order valence-electron chi connectivity index (χ0n) is 11.6. The van der Waals surface area contributed by atoms with Crippen molar-refractivity contribution in [1.82, 2.24) is 4.90 Å². The zero-order chi connectivity index (χ0) is 15.3. The first-order valence-electron chi connectivity index (χ1n) is 7.08. The lowest BCUT2D eigenvalue weighted by Gasteiger charge is -2.18. The molecule has 4 rings (SSSR count). The summed E-state index contributed by atoms with van der Waals surface area (Å²) in [5, 5.41) is 20.7. The number of aliphatic hydroxyl groups is 1. The van der Waals surface area contributed by atoms with E-state index in [4.69, 9.17) is 0 Å². The third kappa shape index (κ3) is 1.79. The molecule has 1 N–H and O–H groups in total. The molecule has 6 heteroatoms. The highest BCUT2D eigenvalue weighted by molar-refractivity contribution is 8.02. The molecule has 2 fully saturated rings. The Morgan fingerprint density at radius 2 is 2.00 bits per heavy atom. The number of nitriles is 1. The van der Waals surface area contributed by atoms with Crippen LogP contribution in [0.1, 0.15) is 12.0 Å². The van der Waals surface area contributed by atoms with Crippen LogP contribution in [-0.4, -0.2) is 34.1 Å². The number of fused-ring (bicyclic) bond motifs is 2. The summed E-state index contributed by atoms with van der Waals surface area (Å²) in [6.07, 6.45) is 0.148. The van der Waals surface area contributed by atoms with Crippen molar-refractivity contribution in [2.24, 2.45) is 0 Å². The number of aliphatic hydroxyl groups excluding tert-OH is 1. The summed E-state index contributed by atoms with van der Waals surface area (Å²) < 4.78 is 1.64. The number of carbonyl (C=O) groups excluding carboxylic acids is 1. The van der Waals surface area contributed by atoms with E-state index >= 15 is 0 Å². The largest absolute Gasteiger partial charge is 0.390 e. The van der Waals surface area contributed by atoms with E-state index in [1.54, 1.807) is 21.3 Å². The van der Waals surface area contributed by atoms with E-state index in [2.05, 4.69) is 6.07 Å². The second-order valence-electron chi connectivity index (χ2n) is 5.41. The van der Waals surface area contributed by atoms with Crippen molar-refractivity contribution in [3.8, 4) is 6.07 Å². The standard InChI is InChI=1S/C16H13N3O2S/c17-9-10-5-6-13(12-4-2-1-3-11(10)12)19-16(21)18-8-7-14(20)15(18)22-19/h1-6,14-15,20H,7-8H2/t14-,15-/m1/s1. The number of benzene rings is 2. The van der Waals surface area contributed by atoms with Gasteiger partial charge in [-0.1, -0.05) is 24.3 Å². The summed E-state index contributed by atoms with van der Waals surface area (Å²) in [6, 6.07) is 13.2. The average molecular weight is 311 g/mol. The van der Waals surface area contributed by atoms with Gasteiger partial charge >= 0.3 is 6.03 Å². The Kier molecular flexibility index (Phi) is 2.99. The summed E-state index contributed by atoms with van der Waals surface area (Å²) >= 11 is 1.36. The van der Waals surface area contributed by atoms with Gasteiger partial charge < -0.3 is 10.0 Å². The van der Waals surface area contributed by atoms with Gasteiger partial charge in [0, 0.05) is 17.3 Å². The number of rotatable bonds is 1. The van der Waals surface area contributed by atoms with Crippen LogP contribution in [0, 0.1) is 11.3 Å². The summed E-state index contributed by atoms with van der Waals surface area (Å²) in [7, 11) is 0. The summed E-state index contributed by atoms with van der Waals surface area (Å²) in [6.45, 7) is 0.586. The number of carbonyl (C=O) groups is 1. The van der Waals surface area contributed by atoms with Gasteiger partial charge in [-0.25, -0.2) is 9.10 Å². The minimum Gasteiger partial charge on any atom is -0.390 e. The molecule has 22 heavy (non-hydrogen) atoms. The molecule has 2 aliphatic rings. The molecule has 0 bridgehead atoms. The fraction of sp³-hybridized carbons (Fsp3) is 0.250. The van der Waals surface area contributed by atoms with Gasteiger partial charge in [-0.2, -0.15) is 5.26 Å². The van der Waals surface area contributed by atoms with Crippen molar-refractivity contribution in [3.05, 3.63) is 42.0 Å². The summed E-state index contributed by atoms with van der Waals surface area (Å²) in [5.74, 6) is 0. The Labute approximate surface area is 131 Å². The van der Waals surface area contributed by atoms with Gasteiger partial charge in [-0.15, -0.1) is 0 Å². The highest BCUT2D eigenvalue weighted by Gasteiger charge is 2.47. The molecular weight excluding hydrogens is 298 g/mol. The van der Waals surface area contributed by atoms with Crippen LogP contribution in [0.2, 0.25) is 0 Å². The van der Waals surface area contributed by atoms with Crippen LogP contribution in [-0.2, 0) is 0 Å². The molecule has 2 amide bonds. The van der Waals surface area contributed by atoms with Crippen LogP contribution in [0.15, 0.2) is 36.4 Å². The lowest BCUT2D eigenvalue weighted by atomic mass is 10.0. The van der Waals surface area contributed by atoms with Gasteiger partial charge in [-0.3, -0.25) is 0 Å². The number of amides is 2. The van der Waals surface area contributed by atoms with E-state index in [1.807, 2.05) is 24.3 Å². The molecule has 2 aromatic carbocycles. The van der Waals surface area contributed by atoms with Crippen LogP contribution in [0.4, 0.5) is 10.5 Å². The van der Waals surface area contributed by atoms with E-state index in [-0.39, 0.29) is 11.4 Å². The van der Waals surface area contributed by atoms with E-state index in [1.165, 1.54) is 11.9 Å². The van der Waals surface area contributed by atoms with Crippen molar-refractivity contribution in [2.75, 3.05) is 10.8 Å². The molecule has 2 saturated heterocycles. The fourth-order valence-corrected chi connectivity index (χ4v) is 4.34. The quantitative estimate of drug-likeness (QED) is 0.822. The number of hydrogen-bond donors (Lipinski definition) is 1. The number of urea groups is 1. The third-order valence-corrected chi connectivity index (χ3v) is 5.52. The molecule has 0 aliphatic carbocycles. The third-order valence-electron chi connectivity index (χ3n) is 4.18. The highest BCUT2D eigenvalue weighted by atomic mass is 32.2. The number of nitrogens with zero attached hydrogens (tertiary/aromatic N) is 3. The van der Waals surface area contributed by atoms with Crippen molar-refractivity contribution in [2.45, 2.75) is 17.9 Å². The average Bonchev–Trinajstić information content (AvgIpc) is 3.07. The van der Waals surface area contributed by atoms with Gasteiger partial charge in [0.15, 0.2) is 0 Å². The molecule has 0 radical (unpaired) electrons. The molecule has 110 valence electrons. The van der Waals surface area contributed by atoms with Gasteiger partial charge in [-0.05, 0) is 30.5 Å². The monoisotopic (exact) mass is 311 g/mol. The second kappa shape index (κ2) is 4.90. The lowest BCUT2D eigenvalue weighted by Crippen LogP contribution is -2.32. The molecule has 0 aromatic heterocycles. The highest BCUT2D eigenvalue weighted by Crippen LogP contribution is 2.43. The SMILES string of the molecule is N#Cc1ccc(N2S[C@@H]3[C@H](O)CCN3C2=O)c2ccccc12. The van der Waals surface area contributed by atoms with E-state index < -0.39 is 6.10 Å². The molecular formula is C16H13N3O2S. The second-order valence-corrected chi connectivity index (χ2v) is 6.47. The van der Waals surface area contributed by atoms with E-state index in [0.717, 1.165) is 16.5 Å².